The molecule has 0 saturated carbocycles. The SMILES string of the molecule is COc1cccc(C2CCCN2C(=O)c2ccc(S(=O)(=O)N3CCCCCC3)cc2)c1. The summed E-state index contributed by atoms with van der Waals surface area (Å²) < 4.78 is 32.9. The number of benzene rings is 2. The van der Waals surface area contributed by atoms with Crippen molar-refractivity contribution < 1.29 is 17.9 Å². The summed E-state index contributed by atoms with van der Waals surface area (Å²) in [5, 5.41) is 0. The molecule has 2 aliphatic rings. The molecule has 0 aromatic heterocycles. The molecule has 166 valence electrons. The minimum absolute atomic E-state index is 0.00288. The molecule has 2 aromatic carbocycles. The number of carbonyl (C=O) groups excluding carboxylic acids is 1. The van der Waals surface area contributed by atoms with E-state index >= 15 is 0 Å². The summed E-state index contributed by atoms with van der Waals surface area (Å²) in [6.07, 6.45) is 5.79. The van der Waals surface area contributed by atoms with Crippen molar-refractivity contribution in [1.29, 1.82) is 0 Å². The number of hydrogen-bond acceptors (Lipinski definition) is 4. The van der Waals surface area contributed by atoms with Gasteiger partial charge in [-0.1, -0.05) is 25.0 Å². The zero-order chi connectivity index (χ0) is 21.8. The molecule has 4 rings (SSSR count). The number of ether oxygens (including phenoxy) is 1. The highest BCUT2D eigenvalue weighted by atomic mass is 32.2. The normalized spacial score (nSPS) is 20.4. The van der Waals surface area contributed by atoms with Gasteiger partial charge in [0.2, 0.25) is 10.0 Å². The minimum Gasteiger partial charge on any atom is -0.497 e. The van der Waals surface area contributed by atoms with Gasteiger partial charge in [-0.3, -0.25) is 4.79 Å². The monoisotopic (exact) mass is 442 g/mol. The maximum absolute atomic E-state index is 13.2. The number of methoxy groups -OCH3 is 1. The fourth-order valence-corrected chi connectivity index (χ4v) is 6.09. The van der Waals surface area contributed by atoms with Crippen molar-refractivity contribution in [2.45, 2.75) is 49.5 Å². The first-order valence-electron chi connectivity index (χ1n) is 11.1. The standard InChI is InChI=1S/C24H30N2O4S/c1-30-21-9-6-8-20(18-21)23-10-7-17-26(23)24(27)19-11-13-22(14-12-19)31(28,29)25-15-4-2-3-5-16-25/h6,8-9,11-14,18,23H,2-5,7,10,15-17H2,1H3. The van der Waals surface area contributed by atoms with Crippen molar-refractivity contribution in [1.82, 2.24) is 9.21 Å². The van der Waals surface area contributed by atoms with E-state index in [4.69, 9.17) is 4.74 Å². The highest BCUT2D eigenvalue weighted by molar-refractivity contribution is 7.89. The lowest BCUT2D eigenvalue weighted by molar-refractivity contribution is 0.0735. The molecular weight excluding hydrogens is 412 g/mol. The van der Waals surface area contributed by atoms with E-state index in [1.165, 1.54) is 0 Å². The van der Waals surface area contributed by atoms with Gasteiger partial charge in [0, 0.05) is 25.2 Å². The summed E-state index contributed by atoms with van der Waals surface area (Å²) in [4.78, 5) is 15.4. The van der Waals surface area contributed by atoms with Gasteiger partial charge in [-0.2, -0.15) is 4.31 Å². The molecule has 6 nitrogen and oxygen atoms in total. The number of likely N-dealkylation sites (tertiary alicyclic amines) is 1. The van der Waals surface area contributed by atoms with Gasteiger partial charge in [-0.15, -0.1) is 0 Å². The van der Waals surface area contributed by atoms with Crippen molar-refractivity contribution in [3.8, 4) is 5.75 Å². The predicted molar refractivity (Wildman–Crippen MR) is 120 cm³/mol. The Morgan fingerprint density at radius 2 is 1.65 bits per heavy atom. The zero-order valence-corrected chi connectivity index (χ0v) is 18.8. The summed E-state index contributed by atoms with van der Waals surface area (Å²) >= 11 is 0. The first-order chi connectivity index (χ1) is 15.0. The third-order valence-electron chi connectivity index (χ3n) is 6.30. The second kappa shape index (κ2) is 9.40. The van der Waals surface area contributed by atoms with E-state index in [0.717, 1.165) is 49.8 Å². The molecule has 1 atom stereocenters. The number of sulfonamides is 1. The van der Waals surface area contributed by atoms with Gasteiger partial charge >= 0.3 is 0 Å². The maximum Gasteiger partial charge on any atom is 0.254 e. The Balaban J connectivity index is 1.52. The quantitative estimate of drug-likeness (QED) is 0.695. The maximum atomic E-state index is 13.2. The molecule has 1 amide bonds. The van der Waals surface area contributed by atoms with Crippen LogP contribution < -0.4 is 4.74 Å². The molecule has 31 heavy (non-hydrogen) atoms. The van der Waals surface area contributed by atoms with Gasteiger partial charge in [-0.05, 0) is 67.6 Å². The largest absolute Gasteiger partial charge is 0.497 e. The Hall–Kier alpha value is -2.38. The van der Waals surface area contributed by atoms with Crippen LogP contribution in [0.1, 0.15) is 60.5 Å². The van der Waals surface area contributed by atoms with Crippen molar-refractivity contribution in [2.24, 2.45) is 0 Å². The lowest BCUT2D eigenvalue weighted by atomic mass is 10.0. The Morgan fingerprint density at radius 1 is 0.935 bits per heavy atom. The van der Waals surface area contributed by atoms with Crippen LogP contribution >= 0.6 is 0 Å². The van der Waals surface area contributed by atoms with Gasteiger partial charge in [0.05, 0.1) is 18.0 Å². The van der Waals surface area contributed by atoms with E-state index in [1.54, 1.807) is 35.7 Å². The average Bonchev–Trinajstić information content (AvgIpc) is 3.12. The molecule has 0 bridgehead atoms. The molecule has 0 aliphatic carbocycles. The highest BCUT2D eigenvalue weighted by Crippen LogP contribution is 2.34. The molecule has 0 radical (unpaired) electrons. The first kappa shape index (κ1) is 21.8. The lowest BCUT2D eigenvalue weighted by Gasteiger charge is -2.26. The van der Waals surface area contributed by atoms with E-state index in [9.17, 15) is 13.2 Å². The van der Waals surface area contributed by atoms with Crippen molar-refractivity contribution in [2.75, 3.05) is 26.7 Å². The molecule has 2 aromatic rings. The molecular formula is C24H30N2O4S. The van der Waals surface area contributed by atoms with E-state index in [0.29, 0.717) is 25.2 Å². The second-order valence-electron chi connectivity index (χ2n) is 8.28. The number of nitrogens with zero attached hydrogens (tertiary/aromatic N) is 2. The van der Waals surface area contributed by atoms with E-state index in [2.05, 4.69) is 0 Å². The molecule has 1 unspecified atom stereocenters. The van der Waals surface area contributed by atoms with Crippen LogP contribution in [0.25, 0.3) is 0 Å². The average molecular weight is 443 g/mol. The molecule has 2 fully saturated rings. The molecule has 2 aliphatic heterocycles. The van der Waals surface area contributed by atoms with Gasteiger partial charge in [0.15, 0.2) is 0 Å². The van der Waals surface area contributed by atoms with Gasteiger partial charge in [-0.25, -0.2) is 8.42 Å². The summed E-state index contributed by atoms with van der Waals surface area (Å²) in [5.74, 6) is 0.712. The van der Waals surface area contributed by atoms with Crippen LogP contribution in [0.15, 0.2) is 53.4 Å². The molecule has 2 saturated heterocycles. The van der Waals surface area contributed by atoms with Crippen molar-refractivity contribution >= 4 is 15.9 Å². The summed E-state index contributed by atoms with van der Waals surface area (Å²) in [7, 11) is -1.88. The van der Waals surface area contributed by atoms with Crippen LogP contribution in [0.4, 0.5) is 0 Å². The predicted octanol–water partition coefficient (Wildman–Crippen LogP) is 4.24. The van der Waals surface area contributed by atoms with Crippen molar-refractivity contribution in [3.05, 3.63) is 59.7 Å². The Bertz CT molecular complexity index is 1010. The lowest BCUT2D eigenvalue weighted by Crippen LogP contribution is -2.32. The molecule has 0 N–H and O–H groups in total. The summed E-state index contributed by atoms with van der Waals surface area (Å²) in [5.41, 5.74) is 1.58. The van der Waals surface area contributed by atoms with Crippen LogP contribution in [-0.2, 0) is 10.0 Å². The highest BCUT2D eigenvalue weighted by Gasteiger charge is 2.31. The Kier molecular flexibility index (Phi) is 6.62. The zero-order valence-electron chi connectivity index (χ0n) is 18.0. The van der Waals surface area contributed by atoms with E-state index < -0.39 is 10.0 Å². The number of hydrogen-bond donors (Lipinski definition) is 0. The summed E-state index contributed by atoms with van der Waals surface area (Å²) in [6, 6.07) is 14.3. The van der Waals surface area contributed by atoms with E-state index in [-0.39, 0.29) is 16.8 Å². The molecule has 0 spiro atoms. The third kappa shape index (κ3) is 4.62. The van der Waals surface area contributed by atoms with Crippen LogP contribution in [0.3, 0.4) is 0 Å². The second-order valence-corrected chi connectivity index (χ2v) is 10.2. The third-order valence-corrected chi connectivity index (χ3v) is 8.21. The Morgan fingerprint density at radius 3 is 2.32 bits per heavy atom. The fourth-order valence-electron chi connectivity index (χ4n) is 4.57. The van der Waals surface area contributed by atoms with Crippen LogP contribution in [0.2, 0.25) is 0 Å². The van der Waals surface area contributed by atoms with Gasteiger partial charge in [0.25, 0.3) is 5.91 Å². The smallest absolute Gasteiger partial charge is 0.254 e. The number of rotatable bonds is 5. The van der Waals surface area contributed by atoms with Gasteiger partial charge < -0.3 is 9.64 Å². The molecule has 2 heterocycles. The van der Waals surface area contributed by atoms with Crippen LogP contribution in [-0.4, -0.2) is 50.3 Å². The van der Waals surface area contributed by atoms with Crippen LogP contribution in [0.5, 0.6) is 5.75 Å². The topological polar surface area (TPSA) is 66.9 Å². The van der Waals surface area contributed by atoms with Gasteiger partial charge in [0.1, 0.15) is 5.75 Å². The number of carbonyl (C=O) groups is 1. The minimum atomic E-state index is -3.51. The van der Waals surface area contributed by atoms with E-state index in [1.807, 2.05) is 29.2 Å². The van der Waals surface area contributed by atoms with Crippen molar-refractivity contribution in [3.63, 3.8) is 0 Å². The first-order valence-corrected chi connectivity index (χ1v) is 12.5. The summed E-state index contributed by atoms with van der Waals surface area (Å²) in [6.45, 7) is 1.83. The fraction of sp³-hybridized carbons (Fsp3) is 0.458. The number of amides is 1. The van der Waals surface area contributed by atoms with Crippen LogP contribution in [0, 0.1) is 0 Å². The Labute approximate surface area is 184 Å². The molecule has 7 heteroatoms.